The highest BCUT2D eigenvalue weighted by atomic mass is 19.4. The second-order valence-electron chi connectivity index (χ2n) is 2.49. The SMILES string of the molecule is F[C](F)OC(F)(F)C(F)(F)C(F)(F)C(F)(F)F.[H+]. The summed E-state index contributed by atoms with van der Waals surface area (Å²) in [6, 6.07) is 0. The first-order valence-corrected chi connectivity index (χ1v) is 3.24. The van der Waals surface area contributed by atoms with E-state index >= 15 is 0 Å². The molecule has 0 heterocycles. The Morgan fingerprint density at radius 2 is 1.06 bits per heavy atom. The van der Waals surface area contributed by atoms with E-state index in [1.807, 2.05) is 0 Å². The molecule has 0 aliphatic heterocycles. The lowest BCUT2D eigenvalue weighted by Crippen LogP contribution is -2.61. The van der Waals surface area contributed by atoms with E-state index in [2.05, 4.69) is 0 Å². The summed E-state index contributed by atoms with van der Waals surface area (Å²) in [6.07, 6.45) is -13.8. The molecule has 0 spiro atoms. The van der Waals surface area contributed by atoms with Crippen LogP contribution in [-0.2, 0) is 4.74 Å². The van der Waals surface area contributed by atoms with E-state index in [1.54, 1.807) is 4.74 Å². The molecule has 17 heavy (non-hydrogen) atoms. The molecular formula is C5HF11O+. The first-order valence-electron chi connectivity index (χ1n) is 3.24. The van der Waals surface area contributed by atoms with Crippen LogP contribution in [0.4, 0.5) is 48.3 Å². The summed E-state index contributed by atoms with van der Waals surface area (Å²) in [6.45, 7) is -3.90. The largest absolute Gasteiger partial charge is 1.00 e. The summed E-state index contributed by atoms with van der Waals surface area (Å²) in [5.74, 6) is -14.5. The molecule has 0 aliphatic rings. The fraction of sp³-hybridized carbons (Fsp3) is 0.800. The molecule has 12 heteroatoms. The van der Waals surface area contributed by atoms with Crippen LogP contribution in [-0.4, -0.2) is 24.1 Å². The Kier molecular flexibility index (Phi) is 3.94. The molecule has 0 N–H and O–H groups in total. The Morgan fingerprint density at radius 1 is 0.706 bits per heavy atom. The van der Waals surface area contributed by atoms with Crippen molar-refractivity contribution in [2.75, 3.05) is 0 Å². The van der Waals surface area contributed by atoms with Crippen molar-refractivity contribution >= 4 is 0 Å². The van der Waals surface area contributed by atoms with Gasteiger partial charge in [-0.25, -0.2) is 4.74 Å². The highest BCUT2D eigenvalue weighted by molar-refractivity contribution is 4.96. The molecule has 0 saturated heterocycles. The Balaban J connectivity index is 0. The van der Waals surface area contributed by atoms with Gasteiger partial charge < -0.3 is 0 Å². The van der Waals surface area contributed by atoms with Crippen LogP contribution in [0.1, 0.15) is 1.43 Å². The Hall–Kier alpha value is -0.810. The third-order valence-corrected chi connectivity index (χ3v) is 1.32. The first kappa shape index (κ1) is 16.2. The van der Waals surface area contributed by atoms with Crippen molar-refractivity contribution in [3.8, 4) is 0 Å². The Bertz CT molecular complexity index is 271. The van der Waals surface area contributed by atoms with E-state index in [4.69, 9.17) is 0 Å². The van der Waals surface area contributed by atoms with Gasteiger partial charge in [0.25, 0.3) is 0 Å². The van der Waals surface area contributed by atoms with Crippen LogP contribution in [0.3, 0.4) is 0 Å². The van der Waals surface area contributed by atoms with Gasteiger partial charge in [-0.2, -0.15) is 48.3 Å². The van der Waals surface area contributed by atoms with Gasteiger partial charge in [0.15, 0.2) is 0 Å². The highest BCUT2D eigenvalue weighted by Gasteiger charge is 2.83. The number of rotatable bonds is 4. The van der Waals surface area contributed by atoms with Gasteiger partial charge in [0.05, 0.1) is 0 Å². The fourth-order valence-corrected chi connectivity index (χ4v) is 0.522. The number of halogens is 11. The summed E-state index contributed by atoms with van der Waals surface area (Å²) in [5.41, 5.74) is 0. The van der Waals surface area contributed by atoms with E-state index in [0.717, 1.165) is 0 Å². The third-order valence-electron chi connectivity index (χ3n) is 1.32. The van der Waals surface area contributed by atoms with E-state index in [-0.39, 0.29) is 1.43 Å². The van der Waals surface area contributed by atoms with Gasteiger partial charge >= 0.3 is 32.2 Å². The molecule has 0 aromatic carbocycles. The van der Waals surface area contributed by atoms with Gasteiger partial charge in [-0.15, -0.1) is 0 Å². The van der Waals surface area contributed by atoms with Gasteiger partial charge in [-0.05, 0) is 0 Å². The van der Waals surface area contributed by atoms with Crippen LogP contribution in [0.25, 0.3) is 0 Å². The average molecular weight is 286 g/mol. The molecule has 0 atom stereocenters. The van der Waals surface area contributed by atoms with Crippen molar-refractivity contribution in [1.82, 2.24) is 0 Å². The van der Waals surface area contributed by atoms with Gasteiger partial charge in [-0.1, -0.05) is 0 Å². The second-order valence-corrected chi connectivity index (χ2v) is 2.49. The minimum atomic E-state index is -7.25. The van der Waals surface area contributed by atoms with E-state index in [0.29, 0.717) is 0 Å². The minimum absolute atomic E-state index is 0. The molecule has 0 aliphatic carbocycles. The predicted octanol–water partition coefficient (Wildman–Crippen LogP) is 3.93. The minimum Gasteiger partial charge on any atom is -0.243 e. The van der Waals surface area contributed by atoms with Crippen molar-refractivity contribution < 1.29 is 54.5 Å². The Labute approximate surface area is 86.6 Å². The molecule has 0 amide bonds. The van der Waals surface area contributed by atoms with Crippen molar-refractivity contribution in [1.29, 1.82) is 0 Å². The topological polar surface area (TPSA) is 9.23 Å². The molecule has 0 aromatic heterocycles. The molecule has 0 saturated carbocycles. The zero-order valence-corrected chi connectivity index (χ0v) is 7.07. The first-order chi connectivity index (χ1) is 7.17. The maximum atomic E-state index is 12.1. The van der Waals surface area contributed by atoms with E-state index in [9.17, 15) is 48.3 Å². The lowest BCUT2D eigenvalue weighted by Gasteiger charge is -2.32. The summed E-state index contributed by atoms with van der Waals surface area (Å²) in [7, 11) is 0. The second kappa shape index (κ2) is 4.14. The summed E-state index contributed by atoms with van der Waals surface area (Å²) >= 11 is 0. The van der Waals surface area contributed by atoms with Crippen molar-refractivity contribution in [3.05, 3.63) is 6.61 Å². The smallest absolute Gasteiger partial charge is 0.243 e. The number of alkyl halides is 9. The maximum Gasteiger partial charge on any atom is 1.00 e. The number of hydrogen-bond donors (Lipinski definition) is 0. The average Bonchev–Trinajstić information content (AvgIpc) is 1.98. The zero-order valence-electron chi connectivity index (χ0n) is 8.07. The number of hydrogen-bond acceptors (Lipinski definition) is 1. The molecule has 103 valence electrons. The summed E-state index contributed by atoms with van der Waals surface area (Å²) < 4.78 is 130. The standard InChI is InChI=1S/C5F11O/c6-1(7)17-5(15,16)3(10,11)2(8,9)4(12,13)14/p+1. The van der Waals surface area contributed by atoms with Gasteiger partial charge in [0.2, 0.25) is 0 Å². The van der Waals surface area contributed by atoms with Gasteiger partial charge in [0, 0.05) is 0 Å². The molecular weight excluding hydrogens is 285 g/mol. The molecule has 0 rings (SSSR count). The molecule has 0 bridgehead atoms. The van der Waals surface area contributed by atoms with Crippen LogP contribution in [0.15, 0.2) is 0 Å². The van der Waals surface area contributed by atoms with Gasteiger partial charge in [-0.3, -0.25) is 0 Å². The van der Waals surface area contributed by atoms with Crippen LogP contribution >= 0.6 is 0 Å². The molecule has 1 nitrogen and oxygen atoms in total. The van der Waals surface area contributed by atoms with Crippen molar-refractivity contribution in [3.63, 3.8) is 0 Å². The lowest BCUT2D eigenvalue weighted by atomic mass is 10.1. The highest BCUT2D eigenvalue weighted by Crippen LogP contribution is 2.54. The number of ether oxygens (including phenoxy) is 1. The lowest BCUT2D eigenvalue weighted by molar-refractivity contribution is -0.450. The molecule has 0 fully saturated rings. The Morgan fingerprint density at radius 3 is 1.29 bits per heavy atom. The monoisotopic (exact) mass is 286 g/mol. The fourth-order valence-electron chi connectivity index (χ4n) is 0.522. The van der Waals surface area contributed by atoms with Crippen molar-refractivity contribution in [2.24, 2.45) is 0 Å². The molecule has 1 radical (unpaired) electrons. The van der Waals surface area contributed by atoms with E-state index in [1.165, 1.54) is 0 Å². The quantitative estimate of drug-likeness (QED) is 0.711. The predicted molar refractivity (Wildman–Crippen MR) is 28.6 cm³/mol. The van der Waals surface area contributed by atoms with Crippen LogP contribution in [0.2, 0.25) is 0 Å². The van der Waals surface area contributed by atoms with Crippen molar-refractivity contribution in [2.45, 2.75) is 24.1 Å². The summed E-state index contributed by atoms with van der Waals surface area (Å²) in [5, 5.41) is 0. The zero-order chi connectivity index (χ0) is 14.3. The molecule has 0 aromatic rings. The third kappa shape index (κ3) is 2.72. The summed E-state index contributed by atoms with van der Waals surface area (Å²) in [4.78, 5) is 0. The molecule has 0 unspecified atom stereocenters. The normalized spacial score (nSPS) is 15.5. The maximum absolute atomic E-state index is 12.1. The van der Waals surface area contributed by atoms with E-state index < -0.39 is 30.7 Å². The van der Waals surface area contributed by atoms with Crippen LogP contribution < -0.4 is 0 Å². The van der Waals surface area contributed by atoms with Crippen LogP contribution in [0.5, 0.6) is 0 Å². The van der Waals surface area contributed by atoms with Gasteiger partial charge in [0.1, 0.15) is 0 Å². The van der Waals surface area contributed by atoms with Crippen LogP contribution in [0, 0.1) is 6.61 Å².